The van der Waals surface area contributed by atoms with E-state index in [1.54, 1.807) is 6.07 Å². The topological polar surface area (TPSA) is 46.5 Å². The van der Waals surface area contributed by atoms with Crippen LogP contribution in [0.4, 0.5) is 0 Å². The summed E-state index contributed by atoms with van der Waals surface area (Å²) in [5, 5.41) is 13.6. The molecule has 1 N–H and O–H groups in total. The van der Waals surface area contributed by atoms with Gasteiger partial charge in [0.2, 0.25) is 0 Å². The number of benzene rings is 3. The summed E-state index contributed by atoms with van der Waals surface area (Å²) in [6.45, 7) is 3.07. The van der Waals surface area contributed by atoms with Crippen LogP contribution in [0.1, 0.15) is 46.9 Å². The molecule has 0 spiro atoms. The van der Waals surface area contributed by atoms with Crippen LogP contribution in [0.25, 0.3) is 21.5 Å². The van der Waals surface area contributed by atoms with Gasteiger partial charge in [-0.15, -0.1) is 0 Å². The molecular formula is C21H18O3. The van der Waals surface area contributed by atoms with Crippen molar-refractivity contribution < 1.29 is 14.6 Å². The fourth-order valence-corrected chi connectivity index (χ4v) is 4.82. The molecule has 0 radical (unpaired) electrons. The third-order valence-corrected chi connectivity index (χ3v) is 5.88. The van der Waals surface area contributed by atoms with Crippen molar-refractivity contribution in [3.05, 3.63) is 59.2 Å². The zero-order valence-corrected chi connectivity index (χ0v) is 13.5. The van der Waals surface area contributed by atoms with Crippen LogP contribution in [0.2, 0.25) is 0 Å². The zero-order chi connectivity index (χ0) is 16.4. The summed E-state index contributed by atoms with van der Waals surface area (Å²) in [5.74, 6) is 0.210. The van der Waals surface area contributed by atoms with E-state index in [0.717, 1.165) is 29.2 Å². The van der Waals surface area contributed by atoms with Crippen LogP contribution in [0.5, 0.6) is 0 Å². The molecule has 3 unspecified atom stereocenters. The molecule has 1 heterocycles. The second-order valence-corrected chi connectivity index (χ2v) is 6.87. The van der Waals surface area contributed by atoms with Crippen LogP contribution < -0.4 is 0 Å². The lowest BCUT2D eigenvalue weighted by atomic mass is 9.91. The van der Waals surface area contributed by atoms with E-state index in [-0.39, 0.29) is 6.10 Å². The molecule has 120 valence electrons. The average molecular weight is 318 g/mol. The van der Waals surface area contributed by atoms with Crippen LogP contribution in [-0.2, 0) is 4.74 Å². The van der Waals surface area contributed by atoms with Gasteiger partial charge in [0.1, 0.15) is 0 Å². The van der Waals surface area contributed by atoms with Crippen molar-refractivity contribution >= 4 is 27.5 Å². The van der Waals surface area contributed by atoms with E-state index in [1.807, 2.05) is 18.2 Å². The van der Waals surface area contributed by atoms with Gasteiger partial charge in [-0.05, 0) is 51.1 Å². The minimum absolute atomic E-state index is 0.193. The Balaban J connectivity index is 1.84. The maximum absolute atomic E-state index is 11.5. The van der Waals surface area contributed by atoms with E-state index < -0.39 is 5.97 Å². The first-order valence-corrected chi connectivity index (χ1v) is 8.54. The second-order valence-electron chi connectivity index (χ2n) is 6.87. The number of rotatable bonds is 2. The summed E-state index contributed by atoms with van der Waals surface area (Å²) in [7, 11) is 0. The predicted octanol–water partition coefficient (Wildman–Crippen LogP) is 4.89. The third kappa shape index (κ3) is 1.63. The molecule has 3 atom stereocenters. The van der Waals surface area contributed by atoms with Gasteiger partial charge in [0.15, 0.2) is 0 Å². The molecule has 0 amide bonds. The second kappa shape index (κ2) is 4.81. The first-order chi connectivity index (χ1) is 11.7. The number of carbonyl (C=O) groups is 1. The summed E-state index contributed by atoms with van der Waals surface area (Å²) >= 11 is 0. The fourth-order valence-electron chi connectivity index (χ4n) is 4.82. The van der Waals surface area contributed by atoms with Crippen molar-refractivity contribution in [1.29, 1.82) is 0 Å². The lowest BCUT2D eigenvalue weighted by Gasteiger charge is -2.19. The number of hydrogen-bond acceptors (Lipinski definition) is 2. The maximum Gasteiger partial charge on any atom is 0.336 e. The molecule has 1 fully saturated rings. The third-order valence-electron chi connectivity index (χ3n) is 5.88. The molecule has 3 aromatic rings. The van der Waals surface area contributed by atoms with Gasteiger partial charge in [-0.3, -0.25) is 0 Å². The first-order valence-electron chi connectivity index (χ1n) is 8.54. The van der Waals surface area contributed by atoms with Gasteiger partial charge < -0.3 is 9.84 Å². The SMILES string of the molecule is CCC1C2COC1c1c2ccc2c1ccc1c(C(=O)O)cccc12. The van der Waals surface area contributed by atoms with Crippen LogP contribution >= 0.6 is 0 Å². The summed E-state index contributed by atoms with van der Waals surface area (Å²) in [6.07, 6.45) is 1.32. The fraction of sp³-hybridized carbons (Fsp3) is 0.286. The highest BCUT2D eigenvalue weighted by Gasteiger charge is 2.46. The van der Waals surface area contributed by atoms with E-state index in [2.05, 4.69) is 25.1 Å². The lowest BCUT2D eigenvalue weighted by Crippen LogP contribution is -2.05. The van der Waals surface area contributed by atoms with Crippen molar-refractivity contribution in [2.24, 2.45) is 5.92 Å². The largest absolute Gasteiger partial charge is 0.478 e. The van der Waals surface area contributed by atoms with Crippen LogP contribution in [-0.4, -0.2) is 17.7 Å². The number of fused-ring (bicyclic) bond motifs is 9. The van der Waals surface area contributed by atoms with Crippen LogP contribution in [0.15, 0.2) is 42.5 Å². The Morgan fingerprint density at radius 3 is 2.62 bits per heavy atom. The molecule has 2 aliphatic rings. The lowest BCUT2D eigenvalue weighted by molar-refractivity contribution is 0.0699. The number of carboxylic acids is 1. The molecule has 3 aromatic carbocycles. The van der Waals surface area contributed by atoms with Crippen LogP contribution in [0.3, 0.4) is 0 Å². The predicted molar refractivity (Wildman–Crippen MR) is 93.6 cm³/mol. The van der Waals surface area contributed by atoms with Crippen LogP contribution in [0, 0.1) is 5.92 Å². The van der Waals surface area contributed by atoms with Crippen molar-refractivity contribution in [3.63, 3.8) is 0 Å². The minimum Gasteiger partial charge on any atom is -0.478 e. The molecule has 5 rings (SSSR count). The summed E-state index contributed by atoms with van der Waals surface area (Å²) in [6, 6.07) is 13.9. The molecule has 1 aliphatic heterocycles. The van der Waals surface area contributed by atoms with Gasteiger partial charge in [-0.25, -0.2) is 4.79 Å². The molecule has 2 bridgehead atoms. The van der Waals surface area contributed by atoms with Crippen molar-refractivity contribution in [2.45, 2.75) is 25.4 Å². The minimum atomic E-state index is -0.880. The smallest absolute Gasteiger partial charge is 0.336 e. The van der Waals surface area contributed by atoms with E-state index in [9.17, 15) is 9.90 Å². The Bertz CT molecular complexity index is 1000. The van der Waals surface area contributed by atoms with Crippen molar-refractivity contribution in [1.82, 2.24) is 0 Å². The van der Waals surface area contributed by atoms with Gasteiger partial charge in [0.25, 0.3) is 0 Å². The average Bonchev–Trinajstić information content (AvgIpc) is 3.16. The molecule has 24 heavy (non-hydrogen) atoms. The Morgan fingerprint density at radius 1 is 1.08 bits per heavy atom. The Kier molecular flexibility index (Phi) is 2.80. The maximum atomic E-state index is 11.5. The normalized spacial score (nSPS) is 24.6. The number of carboxylic acid groups (broad SMARTS) is 1. The van der Waals surface area contributed by atoms with E-state index in [0.29, 0.717) is 17.4 Å². The van der Waals surface area contributed by atoms with Gasteiger partial charge in [0.05, 0.1) is 18.3 Å². The highest BCUT2D eigenvalue weighted by molar-refractivity contribution is 6.14. The molecule has 1 aliphatic carbocycles. The monoisotopic (exact) mass is 318 g/mol. The van der Waals surface area contributed by atoms with Gasteiger partial charge in [-0.2, -0.15) is 0 Å². The number of aromatic carboxylic acids is 1. The van der Waals surface area contributed by atoms with Gasteiger partial charge in [0, 0.05) is 5.92 Å². The number of hydrogen-bond donors (Lipinski definition) is 1. The highest BCUT2D eigenvalue weighted by atomic mass is 16.5. The Hall–Kier alpha value is -2.39. The highest BCUT2D eigenvalue weighted by Crippen LogP contribution is 2.56. The standard InChI is InChI=1S/C21H18O3/c1-2-11-18-10-24-20(11)19-15-8-7-14-12(13(15)6-9-16(18)19)4-3-5-17(14)21(22)23/h3-9,11,18,20H,2,10H2,1H3,(H,22,23). The number of ether oxygens (including phenoxy) is 1. The quantitative estimate of drug-likeness (QED) is 0.685. The molecule has 3 nitrogen and oxygen atoms in total. The molecule has 1 saturated heterocycles. The van der Waals surface area contributed by atoms with Gasteiger partial charge in [-0.1, -0.05) is 43.3 Å². The summed E-state index contributed by atoms with van der Waals surface area (Å²) in [5.41, 5.74) is 3.12. The summed E-state index contributed by atoms with van der Waals surface area (Å²) in [4.78, 5) is 11.5. The molecular weight excluding hydrogens is 300 g/mol. The molecule has 0 aromatic heterocycles. The van der Waals surface area contributed by atoms with Crippen molar-refractivity contribution in [2.75, 3.05) is 6.61 Å². The van der Waals surface area contributed by atoms with Crippen molar-refractivity contribution in [3.8, 4) is 0 Å². The zero-order valence-electron chi connectivity index (χ0n) is 13.5. The Morgan fingerprint density at radius 2 is 1.83 bits per heavy atom. The first kappa shape index (κ1) is 14.0. The van der Waals surface area contributed by atoms with E-state index in [1.165, 1.54) is 16.5 Å². The Labute approximate surface area is 139 Å². The summed E-state index contributed by atoms with van der Waals surface area (Å²) < 4.78 is 6.07. The molecule has 3 heteroatoms. The van der Waals surface area contributed by atoms with E-state index >= 15 is 0 Å². The molecule has 0 saturated carbocycles. The van der Waals surface area contributed by atoms with E-state index in [4.69, 9.17) is 4.74 Å². The van der Waals surface area contributed by atoms with Gasteiger partial charge >= 0.3 is 5.97 Å².